The van der Waals surface area contributed by atoms with Crippen molar-refractivity contribution >= 4 is 5.69 Å². The van der Waals surface area contributed by atoms with E-state index < -0.39 is 0 Å². The van der Waals surface area contributed by atoms with Gasteiger partial charge in [0.25, 0.3) is 5.69 Å². The molecule has 0 atom stereocenters. The van der Waals surface area contributed by atoms with Gasteiger partial charge < -0.3 is 10.0 Å². The van der Waals surface area contributed by atoms with E-state index in [1.165, 1.54) is 6.07 Å². The van der Waals surface area contributed by atoms with Crippen molar-refractivity contribution in [2.24, 2.45) is 0 Å². The molecule has 0 aliphatic heterocycles. The molecule has 0 aromatic heterocycles. The third-order valence-corrected chi connectivity index (χ3v) is 2.75. The molecule has 0 bridgehead atoms. The van der Waals surface area contributed by atoms with Gasteiger partial charge in [-0.3, -0.25) is 10.1 Å². The van der Waals surface area contributed by atoms with Gasteiger partial charge in [0.1, 0.15) is 0 Å². The zero-order valence-electron chi connectivity index (χ0n) is 10.0. The molecule has 1 aromatic carbocycles. The van der Waals surface area contributed by atoms with E-state index in [2.05, 4.69) is 4.90 Å². The first-order valence-electron chi connectivity index (χ1n) is 5.74. The lowest BCUT2D eigenvalue weighted by molar-refractivity contribution is -0.385. The van der Waals surface area contributed by atoms with Crippen molar-refractivity contribution in [1.82, 2.24) is 4.90 Å². The van der Waals surface area contributed by atoms with E-state index >= 15 is 0 Å². The highest BCUT2D eigenvalue weighted by Gasteiger charge is 2.12. The highest BCUT2D eigenvalue weighted by Crippen LogP contribution is 2.18. The summed E-state index contributed by atoms with van der Waals surface area (Å²) in [4.78, 5) is 12.5. The second kappa shape index (κ2) is 6.98. The first kappa shape index (κ1) is 13.6. The van der Waals surface area contributed by atoms with Crippen LogP contribution in [-0.4, -0.2) is 41.2 Å². The maximum Gasteiger partial charge on any atom is 0.272 e. The average Bonchev–Trinajstić information content (AvgIpc) is 2.34. The molecule has 0 aliphatic carbocycles. The maximum absolute atomic E-state index is 10.8. The van der Waals surface area contributed by atoms with E-state index in [1.54, 1.807) is 12.1 Å². The Morgan fingerprint density at radius 2 is 2.06 bits per heavy atom. The first-order chi connectivity index (χ1) is 8.19. The molecule has 94 valence electrons. The number of nitro benzene ring substituents is 1. The van der Waals surface area contributed by atoms with Gasteiger partial charge in [-0.05, 0) is 13.0 Å². The maximum atomic E-state index is 10.8. The Morgan fingerprint density at radius 1 is 1.35 bits per heavy atom. The molecular formula is C12H18N2O3. The van der Waals surface area contributed by atoms with E-state index in [1.807, 2.05) is 13.0 Å². The minimum Gasteiger partial charge on any atom is -0.395 e. The number of likely N-dealkylation sites (N-methyl/N-ethyl adjacent to an activating group) is 1. The van der Waals surface area contributed by atoms with Gasteiger partial charge in [-0.15, -0.1) is 0 Å². The normalized spacial score (nSPS) is 10.8. The lowest BCUT2D eigenvalue weighted by Crippen LogP contribution is -2.28. The van der Waals surface area contributed by atoms with Gasteiger partial charge in [-0.2, -0.15) is 0 Å². The topological polar surface area (TPSA) is 66.6 Å². The SMILES string of the molecule is CCN(CCO)CCc1ccccc1[N+](=O)[O-]. The molecule has 0 aliphatic rings. The Labute approximate surface area is 101 Å². The van der Waals surface area contributed by atoms with Crippen molar-refractivity contribution in [3.8, 4) is 0 Å². The van der Waals surface area contributed by atoms with Gasteiger partial charge in [0.15, 0.2) is 0 Å². The van der Waals surface area contributed by atoms with E-state index in [0.717, 1.165) is 18.7 Å². The van der Waals surface area contributed by atoms with Crippen molar-refractivity contribution in [3.63, 3.8) is 0 Å². The largest absolute Gasteiger partial charge is 0.395 e. The van der Waals surface area contributed by atoms with Crippen molar-refractivity contribution in [2.75, 3.05) is 26.2 Å². The number of nitro groups is 1. The Hall–Kier alpha value is -1.46. The highest BCUT2D eigenvalue weighted by atomic mass is 16.6. The lowest BCUT2D eigenvalue weighted by atomic mass is 10.1. The molecule has 17 heavy (non-hydrogen) atoms. The van der Waals surface area contributed by atoms with Crippen molar-refractivity contribution in [3.05, 3.63) is 39.9 Å². The summed E-state index contributed by atoms with van der Waals surface area (Å²) in [5.41, 5.74) is 0.918. The number of benzene rings is 1. The quantitative estimate of drug-likeness (QED) is 0.576. The van der Waals surface area contributed by atoms with Gasteiger partial charge in [0, 0.05) is 24.7 Å². The molecule has 5 heteroatoms. The smallest absolute Gasteiger partial charge is 0.272 e. The minimum atomic E-state index is -0.350. The number of nitrogens with zero attached hydrogens (tertiary/aromatic N) is 2. The van der Waals surface area contributed by atoms with Crippen LogP contribution in [0.25, 0.3) is 0 Å². The van der Waals surface area contributed by atoms with E-state index in [0.29, 0.717) is 13.0 Å². The van der Waals surface area contributed by atoms with Crippen LogP contribution in [0.2, 0.25) is 0 Å². The zero-order valence-corrected chi connectivity index (χ0v) is 10.0. The molecule has 0 spiro atoms. The summed E-state index contributed by atoms with van der Waals surface area (Å²) in [5.74, 6) is 0. The zero-order chi connectivity index (χ0) is 12.7. The summed E-state index contributed by atoms with van der Waals surface area (Å²) in [6, 6.07) is 6.79. The molecule has 0 saturated heterocycles. The van der Waals surface area contributed by atoms with Gasteiger partial charge in [-0.25, -0.2) is 0 Å². The monoisotopic (exact) mass is 238 g/mol. The van der Waals surface area contributed by atoms with Crippen LogP contribution in [0.3, 0.4) is 0 Å². The average molecular weight is 238 g/mol. The molecule has 0 radical (unpaired) electrons. The summed E-state index contributed by atoms with van der Waals surface area (Å²) in [7, 11) is 0. The fraction of sp³-hybridized carbons (Fsp3) is 0.500. The molecule has 0 unspecified atom stereocenters. The van der Waals surface area contributed by atoms with Crippen LogP contribution >= 0.6 is 0 Å². The summed E-state index contributed by atoms with van der Waals surface area (Å²) < 4.78 is 0. The molecule has 1 aromatic rings. The number of aliphatic hydroxyl groups is 1. The van der Waals surface area contributed by atoms with Gasteiger partial charge in [0.05, 0.1) is 11.5 Å². The Balaban J connectivity index is 2.65. The minimum absolute atomic E-state index is 0.116. The summed E-state index contributed by atoms with van der Waals surface area (Å²) in [6.45, 7) is 4.29. The number of hydrogen-bond donors (Lipinski definition) is 1. The summed E-state index contributed by atoms with van der Waals surface area (Å²) in [5, 5.41) is 19.7. The molecule has 0 fully saturated rings. The fourth-order valence-electron chi connectivity index (χ4n) is 1.75. The summed E-state index contributed by atoms with van der Waals surface area (Å²) >= 11 is 0. The number of rotatable bonds is 7. The Morgan fingerprint density at radius 3 is 2.65 bits per heavy atom. The van der Waals surface area contributed by atoms with Crippen LogP contribution in [0.1, 0.15) is 12.5 Å². The number of hydrogen-bond acceptors (Lipinski definition) is 4. The van der Waals surface area contributed by atoms with Crippen molar-refractivity contribution in [1.29, 1.82) is 0 Å². The molecule has 0 saturated carbocycles. The fourth-order valence-corrected chi connectivity index (χ4v) is 1.75. The third kappa shape index (κ3) is 4.13. The van der Waals surface area contributed by atoms with Gasteiger partial charge in [0.2, 0.25) is 0 Å². The van der Waals surface area contributed by atoms with Gasteiger partial charge >= 0.3 is 0 Å². The summed E-state index contributed by atoms with van der Waals surface area (Å²) in [6.07, 6.45) is 0.630. The predicted molar refractivity (Wildman–Crippen MR) is 66.0 cm³/mol. The molecular weight excluding hydrogens is 220 g/mol. The highest BCUT2D eigenvalue weighted by molar-refractivity contribution is 5.39. The Bertz CT molecular complexity index is 369. The molecule has 0 heterocycles. The van der Waals surface area contributed by atoms with Crippen LogP contribution in [0.15, 0.2) is 24.3 Å². The second-order valence-corrected chi connectivity index (χ2v) is 3.79. The van der Waals surface area contributed by atoms with Crippen molar-refractivity contribution in [2.45, 2.75) is 13.3 Å². The molecule has 1 N–H and O–H groups in total. The Kier molecular flexibility index (Phi) is 5.59. The van der Waals surface area contributed by atoms with E-state index in [9.17, 15) is 10.1 Å². The number of para-hydroxylation sites is 1. The van der Waals surface area contributed by atoms with Crippen LogP contribution < -0.4 is 0 Å². The molecule has 1 rings (SSSR count). The molecule has 5 nitrogen and oxygen atoms in total. The second-order valence-electron chi connectivity index (χ2n) is 3.79. The van der Waals surface area contributed by atoms with Crippen LogP contribution in [0, 0.1) is 10.1 Å². The predicted octanol–water partition coefficient (Wildman–Crippen LogP) is 1.45. The van der Waals surface area contributed by atoms with Crippen LogP contribution in [-0.2, 0) is 6.42 Å². The van der Waals surface area contributed by atoms with E-state index in [4.69, 9.17) is 5.11 Å². The number of aliphatic hydroxyl groups excluding tert-OH is 1. The van der Waals surface area contributed by atoms with Crippen LogP contribution in [0.5, 0.6) is 0 Å². The standard InChI is InChI=1S/C12H18N2O3/c1-2-13(9-10-15)8-7-11-5-3-4-6-12(11)14(16)17/h3-6,15H,2,7-10H2,1H3. The van der Waals surface area contributed by atoms with Crippen molar-refractivity contribution < 1.29 is 10.0 Å². The molecule has 0 amide bonds. The third-order valence-electron chi connectivity index (χ3n) is 2.75. The lowest BCUT2D eigenvalue weighted by Gasteiger charge is -2.18. The van der Waals surface area contributed by atoms with Crippen LogP contribution in [0.4, 0.5) is 5.69 Å². The van der Waals surface area contributed by atoms with Gasteiger partial charge in [-0.1, -0.05) is 25.1 Å². The van der Waals surface area contributed by atoms with E-state index in [-0.39, 0.29) is 17.2 Å². The first-order valence-corrected chi connectivity index (χ1v) is 5.74.